The minimum Gasteiger partial charge on any atom is -0.354 e. The number of hydrogen-bond donors (Lipinski definition) is 2. The third-order valence-electron chi connectivity index (χ3n) is 4.52. The van der Waals surface area contributed by atoms with Crippen molar-refractivity contribution in [3.8, 4) is 5.75 Å². The maximum Gasteiger partial charge on any atom is 0.251 e. The van der Waals surface area contributed by atoms with E-state index in [1.807, 2.05) is 6.08 Å². The summed E-state index contributed by atoms with van der Waals surface area (Å²) in [7, 11) is 0. The lowest BCUT2D eigenvalue weighted by Crippen LogP contribution is -2.44. The molecule has 22 heavy (non-hydrogen) atoms. The molecule has 1 aliphatic carbocycles. The van der Waals surface area contributed by atoms with Gasteiger partial charge in [0.15, 0.2) is 5.75 Å². The van der Waals surface area contributed by atoms with Crippen molar-refractivity contribution in [1.29, 1.82) is 0 Å². The standard InChI is InChI=1S/C16H19N3O3/c20-16(18-15-9-13-8-12(15)10-17-13)11-2-4-14(5-3-11)22-19-6-1-7-21-19/h1-6,12-13,15,17H,7-10H2,(H,18,20). The van der Waals surface area contributed by atoms with Gasteiger partial charge in [-0.15, -0.1) is 0 Å². The van der Waals surface area contributed by atoms with Crippen molar-refractivity contribution in [3.05, 3.63) is 42.1 Å². The van der Waals surface area contributed by atoms with Gasteiger partial charge in [0, 0.05) is 24.2 Å². The first-order valence-corrected chi connectivity index (χ1v) is 7.69. The molecule has 1 saturated heterocycles. The lowest BCUT2D eigenvalue weighted by atomic mass is 10.0. The number of carbonyl (C=O) groups is 1. The topological polar surface area (TPSA) is 62.8 Å². The van der Waals surface area contributed by atoms with Crippen molar-refractivity contribution < 1.29 is 14.5 Å². The first-order chi connectivity index (χ1) is 10.8. The Labute approximate surface area is 129 Å². The third kappa shape index (κ3) is 2.67. The molecule has 2 fully saturated rings. The number of piperidine rings is 1. The Kier molecular flexibility index (Phi) is 3.48. The molecule has 1 aromatic rings. The van der Waals surface area contributed by atoms with Crippen molar-refractivity contribution in [1.82, 2.24) is 15.9 Å². The third-order valence-corrected chi connectivity index (χ3v) is 4.52. The normalized spacial score (nSPS) is 29.1. The smallest absolute Gasteiger partial charge is 0.251 e. The molecule has 2 N–H and O–H groups in total. The molecule has 2 aliphatic heterocycles. The number of nitrogens with one attached hydrogen (secondary N) is 2. The molecule has 116 valence electrons. The zero-order valence-electron chi connectivity index (χ0n) is 12.2. The van der Waals surface area contributed by atoms with E-state index < -0.39 is 0 Å². The highest BCUT2D eigenvalue weighted by Gasteiger charge is 2.40. The van der Waals surface area contributed by atoms with Gasteiger partial charge in [0.2, 0.25) is 0 Å². The summed E-state index contributed by atoms with van der Waals surface area (Å²) in [6.45, 7) is 1.53. The molecule has 0 aromatic heterocycles. The highest BCUT2D eigenvalue weighted by atomic mass is 17.0. The SMILES string of the molecule is O=C(NC1CC2CC1CN2)c1ccc(ON2C=CCO2)cc1. The van der Waals surface area contributed by atoms with Gasteiger partial charge in [0.05, 0.1) is 12.8 Å². The van der Waals surface area contributed by atoms with Crippen molar-refractivity contribution in [3.63, 3.8) is 0 Å². The fourth-order valence-electron chi connectivity index (χ4n) is 3.38. The van der Waals surface area contributed by atoms with E-state index in [0.717, 1.165) is 13.0 Å². The van der Waals surface area contributed by atoms with E-state index in [-0.39, 0.29) is 5.91 Å². The van der Waals surface area contributed by atoms with Crippen molar-refractivity contribution in [2.45, 2.75) is 24.9 Å². The fraction of sp³-hybridized carbons (Fsp3) is 0.438. The summed E-state index contributed by atoms with van der Waals surface area (Å²) < 4.78 is 0. The molecule has 4 rings (SSSR count). The second-order valence-electron chi connectivity index (χ2n) is 6.00. The zero-order valence-corrected chi connectivity index (χ0v) is 12.2. The van der Waals surface area contributed by atoms with Gasteiger partial charge >= 0.3 is 0 Å². The largest absolute Gasteiger partial charge is 0.354 e. The molecular weight excluding hydrogens is 282 g/mol. The minimum atomic E-state index is -0.0126. The Morgan fingerprint density at radius 2 is 2.18 bits per heavy atom. The van der Waals surface area contributed by atoms with Gasteiger partial charge in [0.25, 0.3) is 5.91 Å². The average Bonchev–Trinajstić information content (AvgIpc) is 3.25. The summed E-state index contributed by atoms with van der Waals surface area (Å²) in [6.07, 6.45) is 5.78. The highest BCUT2D eigenvalue weighted by molar-refractivity contribution is 5.94. The summed E-state index contributed by atoms with van der Waals surface area (Å²) in [6, 6.07) is 7.98. The Bertz CT molecular complexity index is 587. The molecule has 1 saturated carbocycles. The average molecular weight is 301 g/mol. The van der Waals surface area contributed by atoms with Crippen molar-refractivity contribution in [2.75, 3.05) is 13.2 Å². The first kappa shape index (κ1) is 13.6. The van der Waals surface area contributed by atoms with E-state index in [4.69, 9.17) is 9.68 Å². The lowest BCUT2D eigenvalue weighted by molar-refractivity contribution is -0.263. The number of amides is 1. The molecule has 0 radical (unpaired) electrons. The van der Waals surface area contributed by atoms with E-state index in [9.17, 15) is 4.79 Å². The molecule has 2 bridgehead atoms. The van der Waals surface area contributed by atoms with E-state index >= 15 is 0 Å². The number of fused-ring (bicyclic) bond motifs is 2. The van der Waals surface area contributed by atoms with Crippen LogP contribution in [0.5, 0.6) is 5.75 Å². The van der Waals surface area contributed by atoms with Gasteiger partial charge in [0.1, 0.15) is 0 Å². The monoisotopic (exact) mass is 301 g/mol. The van der Waals surface area contributed by atoms with Gasteiger partial charge in [-0.1, -0.05) is 5.23 Å². The maximum absolute atomic E-state index is 12.3. The van der Waals surface area contributed by atoms with Gasteiger partial charge < -0.3 is 15.5 Å². The number of benzene rings is 1. The number of hydroxylamine groups is 2. The fourth-order valence-corrected chi connectivity index (χ4v) is 3.38. The Hall–Kier alpha value is -2.05. The van der Waals surface area contributed by atoms with Crippen LogP contribution in [0.3, 0.4) is 0 Å². The quantitative estimate of drug-likeness (QED) is 0.875. The molecule has 6 heteroatoms. The zero-order chi connectivity index (χ0) is 14.9. The summed E-state index contributed by atoms with van der Waals surface area (Å²) in [5.41, 5.74) is 0.654. The van der Waals surface area contributed by atoms with Crippen LogP contribution in [0.2, 0.25) is 0 Å². The molecule has 1 amide bonds. The van der Waals surface area contributed by atoms with E-state index in [2.05, 4.69) is 10.6 Å². The van der Waals surface area contributed by atoms with Crippen LogP contribution in [-0.2, 0) is 4.84 Å². The molecule has 1 aromatic carbocycles. The number of rotatable bonds is 4. The summed E-state index contributed by atoms with van der Waals surface area (Å²) in [5, 5.41) is 7.91. The predicted molar refractivity (Wildman–Crippen MR) is 79.8 cm³/mol. The summed E-state index contributed by atoms with van der Waals surface area (Å²) in [5.74, 6) is 1.20. The van der Waals surface area contributed by atoms with Crippen LogP contribution in [-0.4, -0.2) is 36.4 Å². The van der Waals surface area contributed by atoms with Crippen LogP contribution < -0.4 is 15.5 Å². The van der Waals surface area contributed by atoms with Crippen LogP contribution in [0.25, 0.3) is 0 Å². The number of carbonyl (C=O) groups excluding carboxylic acids is 1. The molecular formula is C16H19N3O3. The molecule has 3 atom stereocenters. The van der Waals surface area contributed by atoms with Crippen molar-refractivity contribution >= 4 is 5.91 Å². The molecule has 3 aliphatic rings. The van der Waals surface area contributed by atoms with E-state index in [1.54, 1.807) is 30.5 Å². The van der Waals surface area contributed by atoms with Crippen LogP contribution in [0, 0.1) is 5.92 Å². The lowest BCUT2D eigenvalue weighted by Gasteiger charge is -2.23. The Balaban J connectivity index is 1.35. The van der Waals surface area contributed by atoms with Gasteiger partial charge in [-0.3, -0.25) is 4.79 Å². The molecule has 3 unspecified atom stereocenters. The van der Waals surface area contributed by atoms with E-state index in [0.29, 0.717) is 35.9 Å². The van der Waals surface area contributed by atoms with Crippen LogP contribution in [0.15, 0.2) is 36.5 Å². The Morgan fingerprint density at radius 1 is 1.32 bits per heavy atom. The molecule has 6 nitrogen and oxygen atoms in total. The van der Waals surface area contributed by atoms with Gasteiger partial charge in [-0.25, -0.2) is 4.84 Å². The molecule has 2 heterocycles. The summed E-state index contributed by atoms with van der Waals surface area (Å²) >= 11 is 0. The first-order valence-electron chi connectivity index (χ1n) is 7.69. The predicted octanol–water partition coefficient (Wildman–Crippen LogP) is 1.22. The van der Waals surface area contributed by atoms with Crippen LogP contribution >= 0.6 is 0 Å². The summed E-state index contributed by atoms with van der Waals surface area (Å²) in [4.78, 5) is 22.9. The maximum atomic E-state index is 12.3. The van der Waals surface area contributed by atoms with Crippen molar-refractivity contribution in [2.24, 2.45) is 5.92 Å². The Morgan fingerprint density at radius 3 is 2.82 bits per heavy atom. The second kappa shape index (κ2) is 5.62. The second-order valence-corrected chi connectivity index (χ2v) is 6.00. The van der Waals surface area contributed by atoms with Crippen LogP contribution in [0.4, 0.5) is 0 Å². The minimum absolute atomic E-state index is 0.0126. The van der Waals surface area contributed by atoms with E-state index in [1.165, 1.54) is 11.6 Å². The highest BCUT2D eigenvalue weighted by Crippen LogP contribution is 2.31. The number of hydrogen-bond acceptors (Lipinski definition) is 5. The molecule has 0 spiro atoms. The van der Waals surface area contributed by atoms with Crippen LogP contribution in [0.1, 0.15) is 23.2 Å². The van der Waals surface area contributed by atoms with Gasteiger partial charge in [-0.05, 0) is 49.1 Å². The number of nitrogens with zero attached hydrogens (tertiary/aromatic N) is 1. The van der Waals surface area contributed by atoms with Gasteiger partial charge in [-0.2, -0.15) is 0 Å².